The SMILES string of the molecule is C=C(NC(=O)CNC(=O)CNC(C)=O)C(=O)N1CCCC1B(O)O. The summed E-state index contributed by atoms with van der Waals surface area (Å²) in [6.45, 7) is 4.41. The van der Waals surface area contributed by atoms with E-state index >= 15 is 0 Å². The molecule has 24 heavy (non-hydrogen) atoms. The van der Waals surface area contributed by atoms with Crippen LogP contribution in [0.2, 0.25) is 0 Å². The van der Waals surface area contributed by atoms with Crippen molar-refractivity contribution in [2.45, 2.75) is 25.7 Å². The molecule has 4 amide bonds. The average molecular weight is 340 g/mol. The van der Waals surface area contributed by atoms with Crippen molar-refractivity contribution in [1.82, 2.24) is 20.9 Å². The van der Waals surface area contributed by atoms with Crippen molar-refractivity contribution in [3.8, 4) is 0 Å². The molecule has 0 aromatic carbocycles. The maximum absolute atomic E-state index is 12.2. The van der Waals surface area contributed by atoms with Crippen molar-refractivity contribution < 1.29 is 29.2 Å². The first-order chi connectivity index (χ1) is 11.2. The molecule has 1 aliphatic heterocycles. The summed E-state index contributed by atoms with van der Waals surface area (Å²) in [4.78, 5) is 47.1. The fourth-order valence-electron chi connectivity index (χ4n) is 2.24. The van der Waals surface area contributed by atoms with E-state index in [4.69, 9.17) is 0 Å². The summed E-state index contributed by atoms with van der Waals surface area (Å²) in [5, 5.41) is 25.3. The minimum absolute atomic E-state index is 0.219. The van der Waals surface area contributed by atoms with Crippen molar-refractivity contribution in [2.75, 3.05) is 19.6 Å². The highest BCUT2D eigenvalue weighted by atomic mass is 16.4. The summed E-state index contributed by atoms with van der Waals surface area (Å²) in [6, 6.07) is 0. The molecule has 1 heterocycles. The summed E-state index contributed by atoms with van der Waals surface area (Å²) >= 11 is 0. The van der Waals surface area contributed by atoms with Crippen LogP contribution < -0.4 is 16.0 Å². The molecule has 1 aliphatic rings. The van der Waals surface area contributed by atoms with E-state index in [2.05, 4.69) is 22.5 Å². The Bertz CT molecular complexity index is 539. The standard InChI is InChI=1S/C13H21BN4O6/c1-8(13(22)18-5-3-4-10(18)14(23)24)17-12(21)7-16-11(20)6-15-9(2)19/h10,23-24H,1,3-7H2,2H3,(H,15,19)(H,16,20)(H,17,21). The van der Waals surface area contributed by atoms with Crippen LogP contribution >= 0.6 is 0 Å². The molecule has 5 N–H and O–H groups in total. The highest BCUT2D eigenvalue weighted by Crippen LogP contribution is 2.19. The lowest BCUT2D eigenvalue weighted by atomic mass is 9.78. The third-order valence-electron chi connectivity index (χ3n) is 3.40. The van der Waals surface area contributed by atoms with Gasteiger partial charge in [0, 0.05) is 13.5 Å². The first kappa shape index (κ1) is 19.7. The van der Waals surface area contributed by atoms with Gasteiger partial charge < -0.3 is 30.9 Å². The first-order valence-electron chi connectivity index (χ1n) is 7.39. The van der Waals surface area contributed by atoms with Crippen molar-refractivity contribution in [3.05, 3.63) is 12.3 Å². The highest BCUT2D eigenvalue weighted by Gasteiger charge is 2.37. The topological polar surface area (TPSA) is 148 Å². The van der Waals surface area contributed by atoms with E-state index in [0.29, 0.717) is 19.4 Å². The smallest absolute Gasteiger partial charge is 0.426 e. The lowest BCUT2D eigenvalue weighted by Crippen LogP contribution is -2.48. The van der Waals surface area contributed by atoms with Crippen LogP contribution in [0.5, 0.6) is 0 Å². The zero-order valence-electron chi connectivity index (χ0n) is 13.4. The van der Waals surface area contributed by atoms with Crippen molar-refractivity contribution in [2.24, 2.45) is 0 Å². The van der Waals surface area contributed by atoms with Crippen LogP contribution in [0.1, 0.15) is 19.8 Å². The number of rotatable bonds is 7. The summed E-state index contributed by atoms with van der Waals surface area (Å²) in [6.07, 6.45) is 1.07. The fraction of sp³-hybridized carbons (Fsp3) is 0.538. The Kier molecular flexibility index (Phi) is 7.40. The molecule has 1 rings (SSSR count). The third kappa shape index (κ3) is 6.01. The Morgan fingerprint density at radius 1 is 1.17 bits per heavy atom. The molecule has 11 heteroatoms. The van der Waals surface area contributed by atoms with E-state index in [1.807, 2.05) is 0 Å². The Morgan fingerprint density at radius 3 is 2.38 bits per heavy atom. The zero-order valence-corrected chi connectivity index (χ0v) is 13.4. The van der Waals surface area contributed by atoms with Gasteiger partial charge in [-0.3, -0.25) is 19.2 Å². The molecule has 0 spiro atoms. The van der Waals surface area contributed by atoms with E-state index < -0.39 is 37.3 Å². The predicted octanol–water partition coefficient (Wildman–Crippen LogP) is -3.13. The average Bonchev–Trinajstić information content (AvgIpc) is 2.99. The Labute approximate surface area is 139 Å². The molecule has 0 aromatic heterocycles. The van der Waals surface area contributed by atoms with Gasteiger partial charge in [-0.1, -0.05) is 6.58 Å². The third-order valence-corrected chi connectivity index (χ3v) is 3.40. The molecule has 1 saturated heterocycles. The number of nitrogens with one attached hydrogen (secondary N) is 3. The van der Waals surface area contributed by atoms with Gasteiger partial charge >= 0.3 is 7.12 Å². The van der Waals surface area contributed by atoms with E-state index in [1.54, 1.807) is 0 Å². The largest absolute Gasteiger partial charge is 0.475 e. The molecular weight excluding hydrogens is 319 g/mol. The molecule has 0 saturated carbocycles. The van der Waals surface area contributed by atoms with Crippen molar-refractivity contribution in [3.63, 3.8) is 0 Å². The molecule has 1 fully saturated rings. The Hall–Kier alpha value is -2.40. The first-order valence-corrected chi connectivity index (χ1v) is 7.39. The molecule has 0 radical (unpaired) electrons. The molecule has 0 bridgehead atoms. The van der Waals surface area contributed by atoms with E-state index in [9.17, 15) is 29.2 Å². The second-order valence-electron chi connectivity index (χ2n) is 5.33. The number of nitrogens with zero attached hydrogens (tertiary/aromatic N) is 1. The maximum Gasteiger partial charge on any atom is 0.475 e. The molecule has 0 aliphatic carbocycles. The van der Waals surface area contributed by atoms with Crippen LogP contribution in [0.15, 0.2) is 12.3 Å². The monoisotopic (exact) mass is 340 g/mol. The summed E-state index contributed by atoms with van der Waals surface area (Å²) in [7, 11) is -1.66. The minimum Gasteiger partial charge on any atom is -0.426 e. The van der Waals surface area contributed by atoms with Crippen LogP contribution in [0.4, 0.5) is 0 Å². The fourth-order valence-corrected chi connectivity index (χ4v) is 2.24. The molecule has 1 atom stereocenters. The number of carbonyl (C=O) groups is 4. The zero-order chi connectivity index (χ0) is 18.3. The second kappa shape index (κ2) is 9.04. The number of likely N-dealkylation sites (tertiary alicyclic amines) is 1. The van der Waals surface area contributed by atoms with E-state index in [-0.39, 0.29) is 18.1 Å². The van der Waals surface area contributed by atoms with E-state index in [0.717, 1.165) is 0 Å². The van der Waals surface area contributed by atoms with Crippen LogP contribution in [-0.4, -0.2) is 71.3 Å². The van der Waals surface area contributed by atoms with E-state index in [1.165, 1.54) is 11.8 Å². The lowest BCUT2D eigenvalue weighted by molar-refractivity contribution is -0.130. The van der Waals surface area contributed by atoms with Crippen molar-refractivity contribution in [1.29, 1.82) is 0 Å². The quantitative estimate of drug-likeness (QED) is 0.244. The van der Waals surface area contributed by atoms with Gasteiger partial charge in [-0.05, 0) is 12.8 Å². The normalized spacial score (nSPS) is 16.3. The molecule has 1 unspecified atom stereocenters. The predicted molar refractivity (Wildman–Crippen MR) is 83.9 cm³/mol. The molecule has 132 valence electrons. The van der Waals surface area contributed by atoms with Gasteiger partial charge in [-0.2, -0.15) is 0 Å². The Morgan fingerprint density at radius 2 is 1.79 bits per heavy atom. The summed E-state index contributed by atoms with van der Waals surface area (Å²) in [5.74, 6) is -2.93. The van der Waals surface area contributed by atoms with Crippen LogP contribution in [0.25, 0.3) is 0 Å². The highest BCUT2D eigenvalue weighted by molar-refractivity contribution is 6.43. The van der Waals surface area contributed by atoms with Gasteiger partial charge in [0.05, 0.1) is 24.7 Å². The van der Waals surface area contributed by atoms with Crippen LogP contribution in [-0.2, 0) is 19.2 Å². The van der Waals surface area contributed by atoms with Gasteiger partial charge in [0.15, 0.2) is 0 Å². The van der Waals surface area contributed by atoms with Gasteiger partial charge in [0.25, 0.3) is 5.91 Å². The summed E-state index contributed by atoms with van der Waals surface area (Å²) in [5.41, 5.74) is -0.219. The van der Waals surface area contributed by atoms with Gasteiger partial charge in [-0.25, -0.2) is 0 Å². The second-order valence-corrected chi connectivity index (χ2v) is 5.33. The molecule has 0 aromatic rings. The number of carbonyl (C=O) groups excluding carboxylic acids is 4. The van der Waals surface area contributed by atoms with Crippen LogP contribution in [0, 0.1) is 0 Å². The maximum atomic E-state index is 12.2. The van der Waals surface area contributed by atoms with Gasteiger partial charge in [0.1, 0.15) is 0 Å². The molecule has 10 nitrogen and oxygen atoms in total. The lowest BCUT2D eigenvalue weighted by Gasteiger charge is -2.24. The summed E-state index contributed by atoms with van der Waals surface area (Å²) < 4.78 is 0. The van der Waals surface area contributed by atoms with Crippen molar-refractivity contribution >= 4 is 30.7 Å². The van der Waals surface area contributed by atoms with Gasteiger partial charge in [0.2, 0.25) is 17.7 Å². The number of hydrogen-bond acceptors (Lipinski definition) is 6. The number of amides is 4. The van der Waals surface area contributed by atoms with Crippen LogP contribution in [0.3, 0.4) is 0 Å². The Balaban J connectivity index is 2.41. The minimum atomic E-state index is -1.66. The number of hydrogen-bond donors (Lipinski definition) is 5. The molecular formula is C13H21BN4O6. The van der Waals surface area contributed by atoms with Gasteiger partial charge in [-0.15, -0.1) is 0 Å².